The van der Waals surface area contributed by atoms with Crippen molar-refractivity contribution >= 4 is 5.69 Å². The lowest BCUT2D eigenvalue weighted by Crippen LogP contribution is -2.45. The third kappa shape index (κ3) is 2.14. The number of rotatable bonds is 3. The Kier molecular flexibility index (Phi) is 3.34. The van der Waals surface area contributed by atoms with E-state index < -0.39 is 0 Å². The van der Waals surface area contributed by atoms with E-state index in [1.54, 1.807) is 0 Å². The molecule has 0 fully saturated rings. The highest BCUT2D eigenvalue weighted by Crippen LogP contribution is 2.32. The second-order valence-electron chi connectivity index (χ2n) is 4.33. The van der Waals surface area contributed by atoms with Gasteiger partial charge in [-0.1, -0.05) is 13.0 Å². The molecule has 0 aromatic heterocycles. The number of ether oxygens (including phenoxy) is 1. The average molecular weight is 220 g/mol. The monoisotopic (exact) mass is 220 g/mol. The lowest BCUT2D eigenvalue weighted by molar-refractivity contribution is 0.174. The van der Waals surface area contributed by atoms with Crippen LogP contribution >= 0.6 is 0 Å². The van der Waals surface area contributed by atoms with Crippen LogP contribution in [0, 0.1) is 0 Å². The Hall–Kier alpha value is -1.22. The van der Waals surface area contributed by atoms with Crippen molar-refractivity contribution in [1.29, 1.82) is 0 Å². The summed E-state index contributed by atoms with van der Waals surface area (Å²) in [6.45, 7) is 5.19. The van der Waals surface area contributed by atoms with Gasteiger partial charge < -0.3 is 15.4 Å². The minimum atomic E-state index is 0.199. The molecule has 0 aliphatic carbocycles. The second-order valence-corrected chi connectivity index (χ2v) is 4.33. The Labute approximate surface area is 97.2 Å². The number of anilines is 1. The molecule has 3 nitrogen and oxygen atoms in total. The Morgan fingerprint density at radius 3 is 2.94 bits per heavy atom. The summed E-state index contributed by atoms with van der Waals surface area (Å²) < 4.78 is 5.96. The topological polar surface area (TPSA) is 33.3 Å². The van der Waals surface area contributed by atoms with Crippen molar-refractivity contribution < 1.29 is 4.74 Å². The molecular weight excluding hydrogens is 200 g/mol. The maximum Gasteiger partial charge on any atom is 0.143 e. The van der Waals surface area contributed by atoms with E-state index in [1.807, 2.05) is 7.05 Å². The van der Waals surface area contributed by atoms with E-state index in [4.69, 9.17) is 4.74 Å². The number of benzene rings is 1. The highest BCUT2D eigenvalue weighted by atomic mass is 16.5. The van der Waals surface area contributed by atoms with Gasteiger partial charge in [-0.25, -0.2) is 0 Å². The van der Waals surface area contributed by atoms with E-state index in [2.05, 4.69) is 42.7 Å². The zero-order valence-electron chi connectivity index (χ0n) is 10.2. The molecule has 1 aliphatic heterocycles. The van der Waals surface area contributed by atoms with Gasteiger partial charge in [0.1, 0.15) is 11.9 Å². The first-order valence-electron chi connectivity index (χ1n) is 5.95. The Morgan fingerprint density at radius 2 is 2.25 bits per heavy atom. The summed E-state index contributed by atoms with van der Waals surface area (Å²) in [7, 11) is 1.95. The van der Waals surface area contributed by atoms with Gasteiger partial charge in [-0.3, -0.25) is 0 Å². The van der Waals surface area contributed by atoms with E-state index in [-0.39, 0.29) is 6.10 Å². The van der Waals surface area contributed by atoms with Crippen LogP contribution in [0.25, 0.3) is 0 Å². The quantitative estimate of drug-likeness (QED) is 0.817. The number of likely N-dealkylation sites (N-methyl/N-ethyl adjacent to an activating group) is 1. The van der Waals surface area contributed by atoms with Gasteiger partial charge in [-0.15, -0.1) is 0 Å². The fourth-order valence-electron chi connectivity index (χ4n) is 2.04. The fourth-order valence-corrected chi connectivity index (χ4v) is 2.04. The lowest BCUT2D eigenvalue weighted by atomic mass is 10.1. The van der Waals surface area contributed by atoms with Gasteiger partial charge in [0, 0.05) is 6.54 Å². The van der Waals surface area contributed by atoms with Crippen LogP contribution in [-0.2, 0) is 6.42 Å². The molecule has 1 heterocycles. The predicted octanol–water partition coefficient (Wildman–Crippen LogP) is 2.03. The Bertz CT molecular complexity index is 365. The van der Waals surface area contributed by atoms with Crippen LogP contribution in [0.4, 0.5) is 5.69 Å². The van der Waals surface area contributed by atoms with Gasteiger partial charge in [-0.2, -0.15) is 0 Å². The Balaban J connectivity index is 2.20. The van der Waals surface area contributed by atoms with E-state index in [1.165, 1.54) is 5.56 Å². The molecule has 2 rings (SSSR count). The van der Waals surface area contributed by atoms with Gasteiger partial charge in [0.05, 0.1) is 11.7 Å². The molecule has 0 spiro atoms. The second kappa shape index (κ2) is 4.74. The number of hydrogen-bond acceptors (Lipinski definition) is 3. The van der Waals surface area contributed by atoms with Crippen LogP contribution in [0.2, 0.25) is 0 Å². The summed E-state index contributed by atoms with van der Waals surface area (Å²) in [5.41, 5.74) is 2.47. The number of fused-ring (bicyclic) bond motifs is 1. The van der Waals surface area contributed by atoms with E-state index >= 15 is 0 Å². The molecule has 0 amide bonds. The number of hydrogen-bond donors (Lipinski definition) is 2. The van der Waals surface area contributed by atoms with Crippen molar-refractivity contribution in [2.75, 3.05) is 18.9 Å². The van der Waals surface area contributed by atoms with Crippen molar-refractivity contribution in [3.05, 3.63) is 23.8 Å². The normalized spacial score (nSPS) is 23.2. The molecule has 2 atom stereocenters. The van der Waals surface area contributed by atoms with Crippen LogP contribution in [0.15, 0.2) is 18.2 Å². The Morgan fingerprint density at radius 1 is 1.44 bits per heavy atom. The van der Waals surface area contributed by atoms with Gasteiger partial charge in [-0.05, 0) is 38.1 Å². The van der Waals surface area contributed by atoms with Crippen LogP contribution in [0.5, 0.6) is 5.75 Å². The molecule has 3 heteroatoms. The molecule has 0 radical (unpaired) electrons. The molecule has 1 aromatic rings. The van der Waals surface area contributed by atoms with Crippen molar-refractivity contribution in [2.24, 2.45) is 0 Å². The minimum Gasteiger partial charge on any atom is -0.485 e. The molecule has 2 N–H and O–H groups in total. The number of aryl methyl sites for hydroxylation is 1. The SMILES string of the molecule is CCc1ccc2c(c1)NC(C)C(CNC)O2. The highest BCUT2D eigenvalue weighted by Gasteiger charge is 2.25. The van der Waals surface area contributed by atoms with Crippen LogP contribution in [0.1, 0.15) is 19.4 Å². The average Bonchev–Trinajstić information content (AvgIpc) is 2.30. The smallest absolute Gasteiger partial charge is 0.143 e. The zero-order chi connectivity index (χ0) is 11.5. The molecule has 0 bridgehead atoms. The fraction of sp³-hybridized carbons (Fsp3) is 0.538. The molecule has 88 valence electrons. The third-order valence-electron chi connectivity index (χ3n) is 3.08. The number of nitrogens with one attached hydrogen (secondary N) is 2. The maximum absolute atomic E-state index is 5.96. The van der Waals surface area contributed by atoms with Crippen molar-refractivity contribution in [3.8, 4) is 5.75 Å². The minimum absolute atomic E-state index is 0.199. The van der Waals surface area contributed by atoms with E-state index in [0.717, 1.165) is 24.4 Å². The van der Waals surface area contributed by atoms with Crippen LogP contribution in [-0.4, -0.2) is 25.7 Å². The zero-order valence-corrected chi connectivity index (χ0v) is 10.2. The van der Waals surface area contributed by atoms with Crippen molar-refractivity contribution in [1.82, 2.24) is 5.32 Å². The van der Waals surface area contributed by atoms with Crippen LogP contribution in [0.3, 0.4) is 0 Å². The largest absolute Gasteiger partial charge is 0.485 e. The van der Waals surface area contributed by atoms with E-state index in [0.29, 0.717) is 6.04 Å². The molecule has 0 saturated heterocycles. The van der Waals surface area contributed by atoms with Gasteiger partial charge in [0.15, 0.2) is 0 Å². The molecule has 16 heavy (non-hydrogen) atoms. The molecule has 2 unspecified atom stereocenters. The van der Waals surface area contributed by atoms with Crippen molar-refractivity contribution in [3.63, 3.8) is 0 Å². The maximum atomic E-state index is 5.96. The third-order valence-corrected chi connectivity index (χ3v) is 3.08. The van der Waals surface area contributed by atoms with Gasteiger partial charge >= 0.3 is 0 Å². The molecule has 1 aromatic carbocycles. The lowest BCUT2D eigenvalue weighted by Gasteiger charge is -2.33. The first-order chi connectivity index (χ1) is 7.74. The van der Waals surface area contributed by atoms with Crippen molar-refractivity contribution in [2.45, 2.75) is 32.4 Å². The van der Waals surface area contributed by atoms with Crippen LogP contribution < -0.4 is 15.4 Å². The summed E-state index contributed by atoms with van der Waals surface area (Å²) in [6.07, 6.45) is 1.26. The molecular formula is C13H20N2O. The first kappa shape index (κ1) is 11.3. The van der Waals surface area contributed by atoms with Gasteiger partial charge in [0.2, 0.25) is 0 Å². The standard InChI is InChI=1S/C13H20N2O/c1-4-10-5-6-12-11(7-10)15-9(2)13(16-12)8-14-3/h5-7,9,13-15H,4,8H2,1-3H3. The summed E-state index contributed by atoms with van der Waals surface area (Å²) >= 11 is 0. The van der Waals surface area contributed by atoms with Gasteiger partial charge in [0.25, 0.3) is 0 Å². The first-order valence-corrected chi connectivity index (χ1v) is 5.95. The highest BCUT2D eigenvalue weighted by molar-refractivity contribution is 5.60. The summed E-state index contributed by atoms with van der Waals surface area (Å²) in [5, 5.41) is 6.66. The summed E-state index contributed by atoms with van der Waals surface area (Å²) in [6, 6.07) is 6.72. The predicted molar refractivity (Wildman–Crippen MR) is 67.2 cm³/mol. The van der Waals surface area contributed by atoms with E-state index in [9.17, 15) is 0 Å². The molecule has 1 aliphatic rings. The summed E-state index contributed by atoms with van der Waals surface area (Å²) in [4.78, 5) is 0. The summed E-state index contributed by atoms with van der Waals surface area (Å²) in [5.74, 6) is 0.968. The molecule has 0 saturated carbocycles.